The number of anilines is 1. The number of hydrogen-bond acceptors (Lipinski definition) is 6. The number of amides is 1. The fraction of sp³-hybridized carbons (Fsp3) is 0.389. The Balaban J connectivity index is 1.97. The molecule has 1 N–H and O–H groups in total. The van der Waals surface area contributed by atoms with Crippen LogP contribution in [0, 0.1) is 24.0 Å². The molecule has 2 aromatic rings. The van der Waals surface area contributed by atoms with Gasteiger partial charge in [0.15, 0.2) is 0 Å². The lowest BCUT2D eigenvalue weighted by Crippen LogP contribution is -2.20. The fourth-order valence-corrected chi connectivity index (χ4v) is 2.52. The van der Waals surface area contributed by atoms with Gasteiger partial charge in [0.25, 0.3) is 0 Å². The van der Waals surface area contributed by atoms with Gasteiger partial charge in [0.1, 0.15) is 17.9 Å². The van der Waals surface area contributed by atoms with E-state index in [0.717, 1.165) is 12.8 Å². The van der Waals surface area contributed by atoms with Crippen molar-refractivity contribution >= 4 is 23.3 Å². The molecule has 1 heterocycles. The summed E-state index contributed by atoms with van der Waals surface area (Å²) in [7, 11) is 0. The molecule has 144 valence electrons. The lowest BCUT2D eigenvalue weighted by atomic mass is 10.2. The van der Waals surface area contributed by atoms with E-state index in [2.05, 4.69) is 10.4 Å². The van der Waals surface area contributed by atoms with E-state index in [4.69, 9.17) is 4.74 Å². The van der Waals surface area contributed by atoms with Crippen molar-refractivity contribution in [3.8, 4) is 0 Å². The minimum Gasteiger partial charge on any atom is -0.462 e. The third kappa shape index (κ3) is 5.13. The number of esters is 1. The number of aromatic nitrogens is 2. The van der Waals surface area contributed by atoms with E-state index < -0.39 is 10.9 Å². The van der Waals surface area contributed by atoms with Gasteiger partial charge in [-0.2, -0.15) is 5.10 Å². The lowest BCUT2D eigenvalue weighted by Gasteiger charge is -2.08. The first-order valence-electron chi connectivity index (χ1n) is 8.59. The van der Waals surface area contributed by atoms with Gasteiger partial charge >= 0.3 is 11.7 Å². The van der Waals surface area contributed by atoms with Crippen LogP contribution < -0.4 is 5.32 Å². The molecule has 1 aromatic heterocycles. The summed E-state index contributed by atoms with van der Waals surface area (Å²) in [6.07, 6.45) is 1.75. The maximum atomic E-state index is 12.2. The molecule has 27 heavy (non-hydrogen) atoms. The summed E-state index contributed by atoms with van der Waals surface area (Å²) < 4.78 is 6.42. The highest BCUT2D eigenvalue weighted by Crippen LogP contribution is 2.21. The summed E-state index contributed by atoms with van der Waals surface area (Å²) in [4.78, 5) is 34.5. The third-order valence-electron chi connectivity index (χ3n) is 3.95. The van der Waals surface area contributed by atoms with Crippen LogP contribution in [-0.2, 0) is 16.1 Å². The fourth-order valence-electron chi connectivity index (χ4n) is 2.52. The van der Waals surface area contributed by atoms with Crippen molar-refractivity contribution < 1.29 is 19.2 Å². The SMILES string of the molecule is CCCCOC(=O)c1ccc(NC(=O)Cn2nc(C)c([N+](=O)[O-])c2C)cc1. The first-order valence-corrected chi connectivity index (χ1v) is 8.59. The van der Waals surface area contributed by atoms with E-state index in [1.165, 1.54) is 11.6 Å². The first kappa shape index (κ1) is 20.1. The van der Waals surface area contributed by atoms with Gasteiger partial charge in [-0.05, 0) is 44.5 Å². The number of unbranched alkanes of at least 4 members (excludes halogenated alkanes) is 1. The quantitative estimate of drug-likeness (QED) is 0.329. The van der Waals surface area contributed by atoms with Crippen molar-refractivity contribution in [1.82, 2.24) is 9.78 Å². The summed E-state index contributed by atoms with van der Waals surface area (Å²) >= 11 is 0. The van der Waals surface area contributed by atoms with Crippen LogP contribution in [0.15, 0.2) is 24.3 Å². The number of hydrogen-bond donors (Lipinski definition) is 1. The van der Waals surface area contributed by atoms with E-state index in [0.29, 0.717) is 23.6 Å². The zero-order valence-electron chi connectivity index (χ0n) is 15.5. The Kier molecular flexibility index (Phi) is 6.64. The molecule has 1 aromatic carbocycles. The molecule has 0 atom stereocenters. The predicted octanol–water partition coefficient (Wildman–Crippen LogP) is 3.00. The number of carbonyl (C=O) groups is 2. The Bertz CT molecular complexity index is 842. The standard InChI is InChI=1S/C18H22N4O5/c1-4-5-10-27-18(24)14-6-8-15(9-7-14)19-16(23)11-21-13(3)17(22(25)26)12(2)20-21/h6-9H,4-5,10-11H2,1-3H3,(H,19,23). The second kappa shape index (κ2) is 8.93. The van der Waals surface area contributed by atoms with Crippen LogP contribution >= 0.6 is 0 Å². The minimum absolute atomic E-state index is 0.0891. The van der Waals surface area contributed by atoms with Gasteiger partial charge in [0.2, 0.25) is 5.91 Å². The summed E-state index contributed by atoms with van der Waals surface area (Å²) in [6.45, 7) is 5.31. The molecule has 0 aliphatic carbocycles. The number of ether oxygens (including phenoxy) is 1. The van der Waals surface area contributed by atoms with Crippen molar-refractivity contribution in [2.24, 2.45) is 0 Å². The molecule has 0 aliphatic heterocycles. The average Bonchev–Trinajstić information content (AvgIpc) is 2.89. The van der Waals surface area contributed by atoms with Crippen molar-refractivity contribution in [2.45, 2.75) is 40.2 Å². The van der Waals surface area contributed by atoms with Crippen molar-refractivity contribution in [1.29, 1.82) is 0 Å². The second-order valence-electron chi connectivity index (χ2n) is 6.05. The first-order chi connectivity index (χ1) is 12.8. The minimum atomic E-state index is -0.510. The Morgan fingerprint density at radius 3 is 2.48 bits per heavy atom. The van der Waals surface area contributed by atoms with Gasteiger partial charge in [-0.15, -0.1) is 0 Å². The molecule has 0 unspecified atom stereocenters. The maximum absolute atomic E-state index is 12.2. The number of benzene rings is 1. The van der Waals surface area contributed by atoms with E-state index in [1.807, 2.05) is 6.92 Å². The smallest absolute Gasteiger partial charge is 0.338 e. The highest BCUT2D eigenvalue weighted by Gasteiger charge is 2.22. The monoisotopic (exact) mass is 374 g/mol. The molecule has 9 heteroatoms. The summed E-state index contributed by atoms with van der Waals surface area (Å²) in [5.74, 6) is -0.787. The summed E-state index contributed by atoms with van der Waals surface area (Å²) in [5.41, 5.74) is 1.39. The topological polar surface area (TPSA) is 116 Å². The van der Waals surface area contributed by atoms with Crippen molar-refractivity contribution in [3.05, 3.63) is 51.3 Å². The Morgan fingerprint density at radius 2 is 1.93 bits per heavy atom. The Labute approximate surface area is 156 Å². The van der Waals surface area contributed by atoms with Crippen LogP contribution in [-0.4, -0.2) is 33.2 Å². The molecule has 0 radical (unpaired) electrons. The largest absolute Gasteiger partial charge is 0.462 e. The van der Waals surface area contributed by atoms with Crippen LogP contribution in [0.3, 0.4) is 0 Å². The Morgan fingerprint density at radius 1 is 1.26 bits per heavy atom. The molecule has 0 saturated heterocycles. The number of nitrogens with one attached hydrogen (secondary N) is 1. The summed E-state index contributed by atoms with van der Waals surface area (Å²) in [5, 5.41) is 17.7. The molecule has 2 rings (SSSR count). The van der Waals surface area contributed by atoms with Gasteiger partial charge in [-0.1, -0.05) is 13.3 Å². The average molecular weight is 374 g/mol. The molecular formula is C18H22N4O5. The lowest BCUT2D eigenvalue weighted by molar-refractivity contribution is -0.386. The van der Waals surface area contributed by atoms with E-state index >= 15 is 0 Å². The van der Waals surface area contributed by atoms with E-state index in [1.54, 1.807) is 31.2 Å². The zero-order valence-corrected chi connectivity index (χ0v) is 15.5. The number of nitrogens with zero attached hydrogens (tertiary/aromatic N) is 3. The molecule has 0 aliphatic rings. The van der Waals surface area contributed by atoms with Gasteiger partial charge in [-0.3, -0.25) is 19.6 Å². The van der Waals surface area contributed by atoms with Gasteiger partial charge in [-0.25, -0.2) is 4.79 Å². The number of rotatable bonds is 8. The predicted molar refractivity (Wildman–Crippen MR) is 98.6 cm³/mol. The highest BCUT2D eigenvalue weighted by molar-refractivity contribution is 5.93. The van der Waals surface area contributed by atoms with Crippen LogP contribution in [0.1, 0.15) is 41.5 Å². The molecule has 0 bridgehead atoms. The van der Waals surface area contributed by atoms with Gasteiger partial charge in [0.05, 0.1) is 17.1 Å². The van der Waals surface area contributed by atoms with Crippen molar-refractivity contribution in [2.75, 3.05) is 11.9 Å². The van der Waals surface area contributed by atoms with Crippen LogP contribution in [0.25, 0.3) is 0 Å². The molecular weight excluding hydrogens is 352 g/mol. The molecule has 0 spiro atoms. The van der Waals surface area contributed by atoms with E-state index in [-0.39, 0.29) is 23.8 Å². The molecule has 0 fully saturated rings. The summed E-state index contributed by atoms with van der Waals surface area (Å²) in [6, 6.07) is 6.33. The molecule has 9 nitrogen and oxygen atoms in total. The highest BCUT2D eigenvalue weighted by atomic mass is 16.6. The number of carbonyl (C=O) groups excluding carboxylic acids is 2. The number of aryl methyl sites for hydroxylation is 1. The van der Waals surface area contributed by atoms with Gasteiger partial charge in [0, 0.05) is 5.69 Å². The Hall–Kier alpha value is -3.23. The number of nitro groups is 1. The zero-order chi connectivity index (χ0) is 20.0. The maximum Gasteiger partial charge on any atom is 0.338 e. The van der Waals surface area contributed by atoms with Crippen LogP contribution in [0.2, 0.25) is 0 Å². The van der Waals surface area contributed by atoms with Crippen LogP contribution in [0.5, 0.6) is 0 Å². The van der Waals surface area contributed by atoms with Crippen LogP contribution in [0.4, 0.5) is 11.4 Å². The van der Waals surface area contributed by atoms with Gasteiger partial charge < -0.3 is 10.1 Å². The third-order valence-corrected chi connectivity index (χ3v) is 3.95. The molecule has 0 saturated carbocycles. The second-order valence-corrected chi connectivity index (χ2v) is 6.05. The van der Waals surface area contributed by atoms with E-state index in [9.17, 15) is 19.7 Å². The normalized spacial score (nSPS) is 10.5. The molecule has 1 amide bonds. The van der Waals surface area contributed by atoms with Crippen molar-refractivity contribution in [3.63, 3.8) is 0 Å².